The van der Waals surface area contributed by atoms with Gasteiger partial charge in [-0.2, -0.15) is 5.10 Å². The van der Waals surface area contributed by atoms with Crippen LogP contribution in [0.25, 0.3) is 0 Å². The standard InChI is InChI=1S/C15H25N3O2/c1-4-7-11-17(6-3)15(20)13-9-10-14(19)18(16-13)12-8-5-2/h9-10H,4-8,11-12H2,1-3H3. The van der Waals surface area contributed by atoms with Crippen molar-refractivity contribution in [1.82, 2.24) is 14.7 Å². The van der Waals surface area contributed by atoms with Crippen LogP contribution in [0.3, 0.4) is 0 Å². The summed E-state index contributed by atoms with van der Waals surface area (Å²) in [6.45, 7) is 8.08. The average Bonchev–Trinajstić information content (AvgIpc) is 2.47. The van der Waals surface area contributed by atoms with E-state index in [9.17, 15) is 9.59 Å². The van der Waals surface area contributed by atoms with Gasteiger partial charge in [-0.25, -0.2) is 4.68 Å². The van der Waals surface area contributed by atoms with Gasteiger partial charge in [0.2, 0.25) is 0 Å². The normalized spacial score (nSPS) is 10.6. The van der Waals surface area contributed by atoms with Crippen LogP contribution in [0.5, 0.6) is 0 Å². The fourth-order valence-corrected chi connectivity index (χ4v) is 1.95. The maximum absolute atomic E-state index is 12.4. The Kier molecular flexibility index (Phi) is 6.98. The monoisotopic (exact) mass is 279 g/mol. The quantitative estimate of drug-likeness (QED) is 0.733. The van der Waals surface area contributed by atoms with E-state index in [1.165, 1.54) is 16.8 Å². The van der Waals surface area contributed by atoms with Crippen molar-refractivity contribution in [2.45, 2.75) is 53.0 Å². The number of carbonyl (C=O) groups excluding carboxylic acids is 1. The van der Waals surface area contributed by atoms with Crippen LogP contribution in [0.4, 0.5) is 0 Å². The molecule has 0 saturated carbocycles. The summed E-state index contributed by atoms with van der Waals surface area (Å²) >= 11 is 0. The average molecular weight is 279 g/mol. The van der Waals surface area contributed by atoms with Gasteiger partial charge in [0.15, 0.2) is 0 Å². The largest absolute Gasteiger partial charge is 0.338 e. The van der Waals surface area contributed by atoms with Gasteiger partial charge in [0.1, 0.15) is 5.69 Å². The van der Waals surface area contributed by atoms with Gasteiger partial charge in [-0.1, -0.05) is 26.7 Å². The molecular weight excluding hydrogens is 254 g/mol. The first-order valence-corrected chi connectivity index (χ1v) is 7.51. The number of hydrogen-bond donors (Lipinski definition) is 0. The van der Waals surface area contributed by atoms with Gasteiger partial charge in [-0.15, -0.1) is 0 Å². The maximum Gasteiger partial charge on any atom is 0.274 e. The summed E-state index contributed by atoms with van der Waals surface area (Å²) in [5.74, 6) is -0.0915. The molecular formula is C15H25N3O2. The Labute approximate surface area is 120 Å². The molecule has 20 heavy (non-hydrogen) atoms. The van der Waals surface area contributed by atoms with Gasteiger partial charge in [0.25, 0.3) is 11.5 Å². The van der Waals surface area contributed by atoms with Crippen LogP contribution in [-0.2, 0) is 6.54 Å². The molecule has 1 heterocycles. The van der Waals surface area contributed by atoms with E-state index >= 15 is 0 Å². The molecule has 0 bridgehead atoms. The highest BCUT2D eigenvalue weighted by Crippen LogP contribution is 2.03. The molecule has 1 rings (SSSR count). The SMILES string of the molecule is CCCCN(CC)C(=O)c1ccc(=O)n(CCCC)n1. The summed E-state index contributed by atoms with van der Waals surface area (Å²) in [5.41, 5.74) is 0.213. The van der Waals surface area contributed by atoms with Crippen molar-refractivity contribution in [3.05, 3.63) is 28.2 Å². The molecule has 1 aromatic heterocycles. The van der Waals surface area contributed by atoms with Gasteiger partial charge in [-0.3, -0.25) is 9.59 Å². The molecule has 0 aliphatic heterocycles. The summed E-state index contributed by atoms with van der Waals surface area (Å²) in [5, 5.41) is 4.20. The van der Waals surface area contributed by atoms with E-state index in [2.05, 4.69) is 18.9 Å². The molecule has 5 heteroatoms. The molecule has 0 aliphatic carbocycles. The van der Waals surface area contributed by atoms with Crippen molar-refractivity contribution >= 4 is 5.91 Å². The Bertz CT molecular complexity index is 482. The second-order valence-corrected chi connectivity index (χ2v) is 4.87. The van der Waals surface area contributed by atoms with E-state index in [1.807, 2.05) is 6.92 Å². The lowest BCUT2D eigenvalue weighted by Crippen LogP contribution is -2.34. The van der Waals surface area contributed by atoms with Gasteiger partial charge in [0, 0.05) is 25.7 Å². The fraction of sp³-hybridized carbons (Fsp3) is 0.667. The Hall–Kier alpha value is -1.65. The van der Waals surface area contributed by atoms with E-state index < -0.39 is 0 Å². The summed E-state index contributed by atoms with van der Waals surface area (Å²) in [7, 11) is 0. The van der Waals surface area contributed by atoms with Crippen LogP contribution in [0.2, 0.25) is 0 Å². The van der Waals surface area contributed by atoms with Gasteiger partial charge in [0.05, 0.1) is 0 Å². The molecule has 0 unspecified atom stereocenters. The highest BCUT2D eigenvalue weighted by atomic mass is 16.2. The molecule has 0 spiro atoms. The van der Waals surface area contributed by atoms with Crippen molar-refractivity contribution in [2.75, 3.05) is 13.1 Å². The minimum absolute atomic E-state index is 0.0915. The fourth-order valence-electron chi connectivity index (χ4n) is 1.95. The third kappa shape index (κ3) is 4.47. The summed E-state index contributed by atoms with van der Waals surface area (Å²) in [4.78, 5) is 25.8. The number of amides is 1. The third-order valence-electron chi connectivity index (χ3n) is 3.26. The van der Waals surface area contributed by atoms with E-state index in [0.717, 1.165) is 32.2 Å². The van der Waals surface area contributed by atoms with Gasteiger partial charge >= 0.3 is 0 Å². The van der Waals surface area contributed by atoms with Crippen LogP contribution in [0, 0.1) is 0 Å². The molecule has 0 radical (unpaired) electrons. The van der Waals surface area contributed by atoms with Crippen molar-refractivity contribution in [2.24, 2.45) is 0 Å². The lowest BCUT2D eigenvalue weighted by molar-refractivity contribution is 0.0753. The van der Waals surface area contributed by atoms with Gasteiger partial charge < -0.3 is 4.90 Å². The molecule has 0 N–H and O–H groups in total. The van der Waals surface area contributed by atoms with Crippen LogP contribution in [-0.4, -0.2) is 33.7 Å². The van der Waals surface area contributed by atoms with Crippen molar-refractivity contribution < 1.29 is 4.79 Å². The Morgan fingerprint density at radius 3 is 2.50 bits per heavy atom. The number of hydrogen-bond acceptors (Lipinski definition) is 3. The van der Waals surface area contributed by atoms with Crippen LogP contribution in [0.1, 0.15) is 56.9 Å². The number of aromatic nitrogens is 2. The first kappa shape index (κ1) is 16.4. The molecule has 0 aromatic carbocycles. The summed E-state index contributed by atoms with van der Waals surface area (Å²) in [6, 6.07) is 2.96. The Morgan fingerprint density at radius 1 is 1.20 bits per heavy atom. The lowest BCUT2D eigenvalue weighted by Gasteiger charge is -2.20. The van der Waals surface area contributed by atoms with Gasteiger partial charge in [-0.05, 0) is 25.8 Å². The van der Waals surface area contributed by atoms with Crippen molar-refractivity contribution in [3.63, 3.8) is 0 Å². The smallest absolute Gasteiger partial charge is 0.274 e. The highest BCUT2D eigenvalue weighted by Gasteiger charge is 2.16. The number of unbranched alkanes of at least 4 members (excludes halogenated alkanes) is 2. The lowest BCUT2D eigenvalue weighted by atomic mass is 10.2. The van der Waals surface area contributed by atoms with E-state index in [1.54, 1.807) is 4.90 Å². The maximum atomic E-state index is 12.4. The topological polar surface area (TPSA) is 55.2 Å². The van der Waals surface area contributed by atoms with E-state index in [0.29, 0.717) is 18.8 Å². The minimum atomic E-state index is -0.147. The van der Waals surface area contributed by atoms with Crippen molar-refractivity contribution in [3.8, 4) is 0 Å². The van der Waals surface area contributed by atoms with Crippen LogP contribution >= 0.6 is 0 Å². The molecule has 1 amide bonds. The van der Waals surface area contributed by atoms with Crippen LogP contribution < -0.4 is 5.56 Å². The third-order valence-corrected chi connectivity index (χ3v) is 3.26. The Morgan fingerprint density at radius 2 is 1.90 bits per heavy atom. The minimum Gasteiger partial charge on any atom is -0.338 e. The summed E-state index contributed by atoms with van der Waals surface area (Å²) in [6.07, 6.45) is 3.91. The Balaban J connectivity index is 2.88. The van der Waals surface area contributed by atoms with E-state index in [-0.39, 0.29) is 11.5 Å². The molecule has 0 atom stereocenters. The predicted molar refractivity (Wildman–Crippen MR) is 79.9 cm³/mol. The predicted octanol–water partition coefficient (Wildman–Crippen LogP) is 2.31. The molecule has 0 fully saturated rings. The zero-order valence-corrected chi connectivity index (χ0v) is 12.8. The second-order valence-electron chi connectivity index (χ2n) is 4.87. The molecule has 1 aromatic rings. The first-order valence-electron chi connectivity index (χ1n) is 7.51. The second kappa shape index (κ2) is 8.51. The number of rotatable bonds is 8. The molecule has 112 valence electrons. The zero-order chi connectivity index (χ0) is 15.0. The molecule has 5 nitrogen and oxygen atoms in total. The van der Waals surface area contributed by atoms with Crippen LogP contribution in [0.15, 0.2) is 16.9 Å². The first-order chi connectivity index (χ1) is 9.63. The summed E-state index contributed by atoms with van der Waals surface area (Å²) < 4.78 is 1.39. The number of nitrogens with zero attached hydrogens (tertiary/aromatic N) is 3. The number of aryl methyl sites for hydroxylation is 1. The zero-order valence-electron chi connectivity index (χ0n) is 12.8. The van der Waals surface area contributed by atoms with E-state index in [4.69, 9.17) is 0 Å². The molecule has 0 aliphatic rings. The molecule has 0 saturated heterocycles. The number of carbonyl (C=O) groups is 1. The highest BCUT2D eigenvalue weighted by molar-refractivity contribution is 5.92. The van der Waals surface area contributed by atoms with Crippen molar-refractivity contribution in [1.29, 1.82) is 0 Å².